The van der Waals surface area contributed by atoms with Gasteiger partial charge in [0.1, 0.15) is 0 Å². The second-order valence-electron chi connectivity index (χ2n) is 8.00. The van der Waals surface area contributed by atoms with Gasteiger partial charge in [-0.3, -0.25) is 9.10 Å². The molecule has 0 radical (unpaired) electrons. The number of hydrogen-bond donors (Lipinski definition) is 1. The minimum atomic E-state index is -3.94. The van der Waals surface area contributed by atoms with E-state index in [0.717, 1.165) is 0 Å². The Balaban J connectivity index is 1.59. The van der Waals surface area contributed by atoms with Crippen molar-refractivity contribution in [3.8, 4) is 0 Å². The van der Waals surface area contributed by atoms with Gasteiger partial charge in [0.15, 0.2) is 0 Å². The first-order valence-electron chi connectivity index (χ1n) is 10.7. The summed E-state index contributed by atoms with van der Waals surface area (Å²) in [5, 5.41) is 3.85. The van der Waals surface area contributed by atoms with E-state index < -0.39 is 20.0 Å². The lowest BCUT2D eigenvalue weighted by molar-refractivity contribution is 0.103. The quantitative estimate of drug-likeness (QED) is 0.578. The van der Waals surface area contributed by atoms with Crippen molar-refractivity contribution >= 4 is 48.1 Å². The third kappa shape index (κ3) is 3.16. The summed E-state index contributed by atoms with van der Waals surface area (Å²) in [5.41, 5.74) is 2.20. The van der Waals surface area contributed by atoms with Crippen LogP contribution in [0.3, 0.4) is 0 Å². The number of amides is 1. The number of rotatable bonds is 6. The third-order valence-corrected chi connectivity index (χ3v) is 10.2. The summed E-state index contributed by atoms with van der Waals surface area (Å²) in [7, 11) is -7.58. The summed E-state index contributed by atoms with van der Waals surface area (Å²) >= 11 is 0. The molecule has 0 bridgehead atoms. The van der Waals surface area contributed by atoms with Gasteiger partial charge in [-0.2, -0.15) is 4.31 Å². The molecule has 2 aliphatic rings. The van der Waals surface area contributed by atoms with E-state index in [1.54, 1.807) is 50.2 Å². The average molecular weight is 486 g/mol. The largest absolute Gasteiger partial charge is 0.321 e. The Morgan fingerprint density at radius 3 is 2.48 bits per heavy atom. The molecule has 0 unspecified atom stereocenters. The molecule has 5 rings (SSSR count). The number of hydrogen-bond acceptors (Lipinski definition) is 5. The minimum absolute atomic E-state index is 0.118. The fourth-order valence-electron chi connectivity index (χ4n) is 4.68. The van der Waals surface area contributed by atoms with Crippen LogP contribution in [0.5, 0.6) is 0 Å². The molecule has 1 amide bonds. The molecule has 0 spiro atoms. The van der Waals surface area contributed by atoms with Crippen molar-refractivity contribution in [3.05, 3.63) is 59.7 Å². The molecular weight excluding hydrogens is 462 g/mol. The van der Waals surface area contributed by atoms with Gasteiger partial charge in [-0.15, -0.1) is 0 Å². The zero-order valence-corrected chi connectivity index (χ0v) is 19.8. The maximum atomic E-state index is 13.7. The number of sulfonamides is 2. The van der Waals surface area contributed by atoms with Crippen molar-refractivity contribution in [1.29, 1.82) is 0 Å². The summed E-state index contributed by atoms with van der Waals surface area (Å²) in [4.78, 5) is 12.5. The standard InChI is InChI=1S/C23H23N3O5S2/c1-3-25(4-2)32(28,29)16-8-10-20-15(14-16)12-13-26(20)33(30,31)21-11-9-19-22-17(21)6-5-7-18(22)23(27)24-19/h5-11,14H,3-4,12-13H2,1-2H3,(H,24,27). The molecule has 0 aliphatic carbocycles. The Hall–Kier alpha value is -2.95. The van der Waals surface area contributed by atoms with Crippen molar-refractivity contribution in [2.24, 2.45) is 0 Å². The molecule has 2 aliphatic heterocycles. The van der Waals surface area contributed by atoms with Crippen LogP contribution in [-0.2, 0) is 26.5 Å². The Bertz CT molecular complexity index is 1530. The predicted octanol–water partition coefficient (Wildman–Crippen LogP) is 3.19. The third-order valence-electron chi connectivity index (χ3n) is 6.31. The molecule has 33 heavy (non-hydrogen) atoms. The Kier molecular flexibility index (Phi) is 5.00. The van der Waals surface area contributed by atoms with E-state index in [1.165, 1.54) is 20.7 Å². The topological polar surface area (TPSA) is 104 Å². The summed E-state index contributed by atoms with van der Waals surface area (Å²) in [6, 6.07) is 12.8. The normalized spacial score (nSPS) is 15.4. The second kappa shape index (κ2) is 7.54. The van der Waals surface area contributed by atoms with E-state index in [2.05, 4.69) is 5.32 Å². The molecule has 10 heteroatoms. The number of benzene rings is 3. The highest BCUT2D eigenvalue weighted by molar-refractivity contribution is 7.93. The van der Waals surface area contributed by atoms with Crippen LogP contribution >= 0.6 is 0 Å². The van der Waals surface area contributed by atoms with Crippen LogP contribution in [-0.4, -0.2) is 46.7 Å². The van der Waals surface area contributed by atoms with Gasteiger partial charge in [0.05, 0.1) is 15.5 Å². The monoisotopic (exact) mass is 485 g/mol. The minimum Gasteiger partial charge on any atom is -0.321 e. The molecule has 2 heterocycles. The molecule has 172 valence electrons. The fourth-order valence-corrected chi connectivity index (χ4v) is 7.88. The van der Waals surface area contributed by atoms with E-state index in [-0.39, 0.29) is 22.2 Å². The highest BCUT2D eigenvalue weighted by Crippen LogP contribution is 2.40. The van der Waals surface area contributed by atoms with E-state index in [0.29, 0.717) is 52.8 Å². The van der Waals surface area contributed by atoms with Crippen molar-refractivity contribution in [3.63, 3.8) is 0 Å². The maximum Gasteiger partial charge on any atom is 0.264 e. The van der Waals surface area contributed by atoms with Gasteiger partial charge < -0.3 is 5.32 Å². The van der Waals surface area contributed by atoms with Crippen molar-refractivity contribution in [2.45, 2.75) is 30.1 Å². The summed E-state index contributed by atoms with van der Waals surface area (Å²) in [6.07, 6.45) is 0.414. The summed E-state index contributed by atoms with van der Waals surface area (Å²) < 4.78 is 55.9. The first-order chi connectivity index (χ1) is 15.7. The molecule has 0 fully saturated rings. The zero-order chi connectivity index (χ0) is 23.5. The van der Waals surface area contributed by atoms with Gasteiger partial charge in [0, 0.05) is 41.7 Å². The molecule has 0 saturated carbocycles. The van der Waals surface area contributed by atoms with Crippen LogP contribution in [0, 0.1) is 0 Å². The second-order valence-corrected chi connectivity index (χ2v) is 11.8. The van der Waals surface area contributed by atoms with Gasteiger partial charge >= 0.3 is 0 Å². The number of carbonyl (C=O) groups excluding carboxylic acids is 1. The highest BCUT2D eigenvalue weighted by atomic mass is 32.2. The molecule has 0 saturated heterocycles. The van der Waals surface area contributed by atoms with Gasteiger partial charge in [0.25, 0.3) is 15.9 Å². The van der Waals surface area contributed by atoms with Crippen LogP contribution in [0.2, 0.25) is 0 Å². The van der Waals surface area contributed by atoms with Gasteiger partial charge in [-0.05, 0) is 48.4 Å². The Labute approximate surface area is 192 Å². The van der Waals surface area contributed by atoms with Crippen LogP contribution in [0.4, 0.5) is 11.4 Å². The molecule has 8 nitrogen and oxygen atoms in total. The molecule has 0 atom stereocenters. The Morgan fingerprint density at radius 1 is 1.00 bits per heavy atom. The lowest BCUT2D eigenvalue weighted by atomic mass is 10.1. The number of nitrogens with one attached hydrogen (secondary N) is 1. The average Bonchev–Trinajstić information content (AvgIpc) is 3.37. The van der Waals surface area contributed by atoms with E-state index in [9.17, 15) is 21.6 Å². The van der Waals surface area contributed by atoms with Gasteiger partial charge in [-0.1, -0.05) is 26.0 Å². The lowest BCUT2D eigenvalue weighted by Gasteiger charge is -2.22. The smallest absolute Gasteiger partial charge is 0.264 e. The van der Waals surface area contributed by atoms with Gasteiger partial charge in [-0.25, -0.2) is 16.8 Å². The summed E-state index contributed by atoms with van der Waals surface area (Å²) in [6.45, 7) is 4.50. The number of carbonyl (C=O) groups is 1. The predicted molar refractivity (Wildman–Crippen MR) is 127 cm³/mol. The molecule has 1 N–H and O–H groups in total. The number of anilines is 2. The molecular formula is C23H23N3O5S2. The van der Waals surface area contributed by atoms with Crippen LogP contribution in [0.1, 0.15) is 29.8 Å². The van der Waals surface area contributed by atoms with Crippen molar-refractivity contribution < 1.29 is 21.6 Å². The van der Waals surface area contributed by atoms with Crippen molar-refractivity contribution in [2.75, 3.05) is 29.3 Å². The number of nitrogens with zero attached hydrogens (tertiary/aromatic N) is 2. The number of fused-ring (bicyclic) bond motifs is 1. The SMILES string of the molecule is CCN(CC)S(=O)(=O)c1ccc2c(c1)CCN2S(=O)(=O)c1ccc2c3c(cccc13)C(=O)N2. The highest BCUT2D eigenvalue weighted by Gasteiger charge is 2.35. The first-order valence-corrected chi connectivity index (χ1v) is 13.6. The van der Waals surface area contributed by atoms with E-state index in [1.807, 2.05) is 0 Å². The fraction of sp³-hybridized carbons (Fsp3) is 0.261. The molecule has 3 aromatic carbocycles. The molecule has 0 aromatic heterocycles. The van der Waals surface area contributed by atoms with Crippen LogP contribution in [0.15, 0.2) is 58.3 Å². The maximum absolute atomic E-state index is 13.7. The van der Waals surface area contributed by atoms with Crippen LogP contribution < -0.4 is 9.62 Å². The molecule has 3 aromatic rings. The Morgan fingerprint density at radius 2 is 1.76 bits per heavy atom. The van der Waals surface area contributed by atoms with Crippen LogP contribution in [0.25, 0.3) is 10.8 Å². The van der Waals surface area contributed by atoms with E-state index >= 15 is 0 Å². The lowest BCUT2D eigenvalue weighted by Crippen LogP contribution is -2.31. The van der Waals surface area contributed by atoms with Gasteiger partial charge in [0.2, 0.25) is 10.0 Å². The van der Waals surface area contributed by atoms with Crippen molar-refractivity contribution in [1.82, 2.24) is 4.31 Å². The van der Waals surface area contributed by atoms with E-state index in [4.69, 9.17) is 0 Å². The zero-order valence-electron chi connectivity index (χ0n) is 18.2. The first kappa shape index (κ1) is 21.9. The summed E-state index contributed by atoms with van der Waals surface area (Å²) in [5.74, 6) is -0.251.